The fraction of sp³-hybridized carbons (Fsp3) is 0.364. The predicted octanol–water partition coefficient (Wildman–Crippen LogP) is 3.44. The number of rotatable bonds is 6. The topological polar surface area (TPSA) is 103 Å². The molecule has 0 unspecified atom stereocenters. The molecule has 0 aromatic carbocycles. The Bertz CT molecular complexity index is 1030. The van der Waals surface area contributed by atoms with Crippen LogP contribution in [0, 0.1) is 12.3 Å². The fourth-order valence-corrected chi connectivity index (χ4v) is 2.91. The molecule has 31 heavy (non-hydrogen) atoms. The highest BCUT2D eigenvalue weighted by Crippen LogP contribution is 2.23. The number of hydrogen-bond acceptors (Lipinski definition) is 7. The van der Waals surface area contributed by atoms with Crippen molar-refractivity contribution in [3.05, 3.63) is 47.8 Å². The molecule has 0 aliphatic carbocycles. The van der Waals surface area contributed by atoms with Gasteiger partial charge in [0.2, 0.25) is 17.6 Å². The van der Waals surface area contributed by atoms with E-state index in [0.29, 0.717) is 41.9 Å². The first-order chi connectivity index (χ1) is 14.9. The summed E-state index contributed by atoms with van der Waals surface area (Å²) in [6, 6.07) is 2.63. The number of terminal acetylenes is 1. The van der Waals surface area contributed by atoms with Gasteiger partial charge in [-0.2, -0.15) is 4.98 Å². The highest BCUT2D eigenvalue weighted by Gasteiger charge is 2.27. The second kappa shape index (κ2) is 9.80. The van der Waals surface area contributed by atoms with Gasteiger partial charge in [0.1, 0.15) is 12.6 Å². The minimum Gasteiger partial charge on any atom is -0.482 e. The molecule has 1 aliphatic heterocycles. The largest absolute Gasteiger partial charge is 0.482 e. The molecule has 9 nitrogen and oxygen atoms in total. The van der Waals surface area contributed by atoms with E-state index in [1.54, 1.807) is 37.4 Å². The number of urea groups is 1. The van der Waals surface area contributed by atoms with Crippen LogP contribution < -0.4 is 10.1 Å². The number of pyridine rings is 1. The summed E-state index contributed by atoms with van der Waals surface area (Å²) in [7, 11) is 0. The van der Waals surface area contributed by atoms with Crippen molar-refractivity contribution in [3.8, 4) is 29.6 Å². The maximum atomic E-state index is 12.9. The lowest BCUT2D eigenvalue weighted by molar-refractivity contribution is 0.145. The Kier molecular flexibility index (Phi) is 6.92. The van der Waals surface area contributed by atoms with Crippen molar-refractivity contribution in [1.82, 2.24) is 25.3 Å². The van der Waals surface area contributed by atoms with Crippen molar-refractivity contribution in [2.75, 3.05) is 13.2 Å². The van der Waals surface area contributed by atoms with Crippen LogP contribution in [0.3, 0.4) is 0 Å². The van der Waals surface area contributed by atoms with Crippen LogP contribution in [-0.2, 0) is 4.74 Å². The number of carbonyl (C=O) groups is 1. The van der Waals surface area contributed by atoms with Crippen molar-refractivity contribution >= 4 is 6.03 Å². The SMILES string of the molecule is C#CC1=C(/C=C\C)N(C(=O)N[C@@H](C)c2nc(-c3ccnc(OC(C)C)c3)no2)CCO1. The van der Waals surface area contributed by atoms with E-state index in [1.165, 1.54) is 4.90 Å². The van der Waals surface area contributed by atoms with Crippen molar-refractivity contribution < 1.29 is 18.8 Å². The number of nitrogens with zero attached hydrogens (tertiary/aromatic N) is 4. The zero-order chi connectivity index (χ0) is 22.4. The molecular formula is C22H25N5O4. The average molecular weight is 423 g/mol. The second-order valence-electron chi connectivity index (χ2n) is 7.04. The molecule has 3 rings (SSSR count). The second-order valence-corrected chi connectivity index (χ2v) is 7.04. The fourth-order valence-electron chi connectivity index (χ4n) is 2.91. The van der Waals surface area contributed by atoms with Crippen LogP contribution in [0.15, 0.2) is 46.5 Å². The van der Waals surface area contributed by atoms with E-state index >= 15 is 0 Å². The van der Waals surface area contributed by atoms with E-state index in [-0.39, 0.29) is 18.0 Å². The molecule has 0 radical (unpaired) electrons. The number of amides is 2. The number of carbonyl (C=O) groups excluding carboxylic acids is 1. The molecule has 0 saturated heterocycles. The van der Waals surface area contributed by atoms with Gasteiger partial charge in [0.15, 0.2) is 5.76 Å². The third kappa shape index (κ3) is 5.22. The number of hydrogen-bond donors (Lipinski definition) is 1. The van der Waals surface area contributed by atoms with Crippen LogP contribution >= 0.6 is 0 Å². The Balaban J connectivity index is 1.73. The van der Waals surface area contributed by atoms with Gasteiger partial charge in [-0.05, 0) is 45.8 Å². The molecule has 2 aromatic rings. The lowest BCUT2D eigenvalue weighted by Crippen LogP contribution is -2.44. The molecular weight excluding hydrogens is 398 g/mol. The first-order valence-electron chi connectivity index (χ1n) is 9.94. The van der Waals surface area contributed by atoms with Crippen molar-refractivity contribution in [3.63, 3.8) is 0 Å². The molecule has 3 heterocycles. The summed E-state index contributed by atoms with van der Waals surface area (Å²) in [6.07, 6.45) is 10.6. The van der Waals surface area contributed by atoms with E-state index < -0.39 is 6.04 Å². The van der Waals surface area contributed by atoms with Crippen molar-refractivity contribution in [1.29, 1.82) is 0 Å². The molecule has 0 saturated carbocycles. The van der Waals surface area contributed by atoms with Crippen molar-refractivity contribution in [2.24, 2.45) is 0 Å². The number of allylic oxidation sites excluding steroid dienone is 3. The van der Waals surface area contributed by atoms with Gasteiger partial charge in [-0.25, -0.2) is 9.78 Å². The standard InChI is InChI=1S/C22H25N5O4/c1-6-8-17-18(7-2)29-12-11-27(17)22(28)24-15(5)21-25-20(26-31-21)16-9-10-23-19(13-16)30-14(3)4/h2,6,8-10,13-15H,11-12H2,1,3-5H3,(H,24,28)/b8-6-/t15-/m0/s1. The maximum absolute atomic E-state index is 12.9. The van der Waals surface area contributed by atoms with Crippen LogP contribution in [0.1, 0.15) is 39.6 Å². The molecule has 9 heteroatoms. The van der Waals surface area contributed by atoms with Gasteiger partial charge in [0.25, 0.3) is 0 Å². The molecule has 2 amide bonds. The van der Waals surface area contributed by atoms with E-state index in [4.69, 9.17) is 20.4 Å². The highest BCUT2D eigenvalue weighted by molar-refractivity contribution is 5.77. The van der Waals surface area contributed by atoms with E-state index in [2.05, 4.69) is 26.4 Å². The van der Waals surface area contributed by atoms with Gasteiger partial charge < -0.3 is 19.3 Å². The van der Waals surface area contributed by atoms with Gasteiger partial charge in [-0.3, -0.25) is 4.90 Å². The summed E-state index contributed by atoms with van der Waals surface area (Å²) in [5, 5.41) is 6.88. The lowest BCUT2D eigenvalue weighted by atomic mass is 10.2. The minimum absolute atomic E-state index is 0.00418. The van der Waals surface area contributed by atoms with Gasteiger partial charge in [0, 0.05) is 17.8 Å². The Morgan fingerprint density at radius 1 is 1.42 bits per heavy atom. The summed E-state index contributed by atoms with van der Waals surface area (Å²) in [4.78, 5) is 23.0. The van der Waals surface area contributed by atoms with Crippen LogP contribution in [0.4, 0.5) is 4.79 Å². The molecule has 0 bridgehead atoms. The molecule has 1 aliphatic rings. The van der Waals surface area contributed by atoms with Crippen molar-refractivity contribution in [2.45, 2.75) is 39.8 Å². The Labute approximate surface area is 181 Å². The minimum atomic E-state index is -0.522. The Morgan fingerprint density at radius 3 is 2.94 bits per heavy atom. The molecule has 2 aromatic heterocycles. The van der Waals surface area contributed by atoms with E-state index in [0.717, 1.165) is 0 Å². The number of ether oxygens (including phenoxy) is 2. The summed E-state index contributed by atoms with van der Waals surface area (Å²) in [5.41, 5.74) is 1.23. The third-order valence-electron chi connectivity index (χ3n) is 4.29. The van der Waals surface area contributed by atoms with Crippen LogP contribution in [-0.4, -0.2) is 45.3 Å². The van der Waals surface area contributed by atoms with E-state index in [1.807, 2.05) is 20.8 Å². The van der Waals surface area contributed by atoms with Gasteiger partial charge in [0.05, 0.1) is 18.3 Å². The molecule has 0 fully saturated rings. The molecule has 0 spiro atoms. The van der Waals surface area contributed by atoms with E-state index in [9.17, 15) is 4.79 Å². The lowest BCUT2D eigenvalue weighted by Gasteiger charge is -2.29. The average Bonchev–Trinajstić information content (AvgIpc) is 3.24. The summed E-state index contributed by atoms with van der Waals surface area (Å²) in [5.74, 6) is 3.92. The highest BCUT2D eigenvalue weighted by atomic mass is 16.5. The van der Waals surface area contributed by atoms with Gasteiger partial charge in [-0.15, -0.1) is 6.42 Å². The number of aromatic nitrogens is 3. The normalized spacial score (nSPS) is 15.0. The first kappa shape index (κ1) is 21.9. The summed E-state index contributed by atoms with van der Waals surface area (Å²) < 4.78 is 16.4. The predicted molar refractivity (Wildman–Crippen MR) is 114 cm³/mol. The molecule has 1 atom stereocenters. The van der Waals surface area contributed by atoms with Gasteiger partial charge >= 0.3 is 6.03 Å². The number of nitrogens with one attached hydrogen (secondary N) is 1. The first-order valence-corrected chi connectivity index (χ1v) is 9.94. The van der Waals surface area contributed by atoms with Crippen LogP contribution in [0.5, 0.6) is 5.88 Å². The van der Waals surface area contributed by atoms with Crippen LogP contribution in [0.25, 0.3) is 11.4 Å². The maximum Gasteiger partial charge on any atom is 0.322 e. The van der Waals surface area contributed by atoms with Crippen LogP contribution in [0.2, 0.25) is 0 Å². The molecule has 1 N–H and O–H groups in total. The Morgan fingerprint density at radius 2 is 2.23 bits per heavy atom. The zero-order valence-electron chi connectivity index (χ0n) is 18.0. The third-order valence-corrected chi connectivity index (χ3v) is 4.29. The zero-order valence-corrected chi connectivity index (χ0v) is 18.0. The smallest absolute Gasteiger partial charge is 0.322 e. The van der Waals surface area contributed by atoms with Gasteiger partial charge in [-0.1, -0.05) is 11.2 Å². The quantitative estimate of drug-likeness (QED) is 0.710. The summed E-state index contributed by atoms with van der Waals surface area (Å²) >= 11 is 0. The summed E-state index contributed by atoms with van der Waals surface area (Å²) in [6.45, 7) is 8.12. The Hall–Kier alpha value is -3.80. The molecule has 162 valence electrons. The monoisotopic (exact) mass is 423 g/mol.